The molecule has 1 unspecified atom stereocenters. The van der Waals surface area contributed by atoms with Crippen molar-refractivity contribution in [3.05, 3.63) is 121 Å². The van der Waals surface area contributed by atoms with Crippen molar-refractivity contribution in [1.82, 2.24) is 14.8 Å². The fourth-order valence-electron chi connectivity index (χ4n) is 3.63. The van der Waals surface area contributed by atoms with E-state index in [0.717, 1.165) is 22.5 Å². The molecule has 6 heteroatoms. The summed E-state index contributed by atoms with van der Waals surface area (Å²) in [6.45, 7) is 6.34. The van der Waals surface area contributed by atoms with Gasteiger partial charge in [-0.3, -0.25) is 9.59 Å². The van der Waals surface area contributed by atoms with E-state index >= 15 is 0 Å². The van der Waals surface area contributed by atoms with E-state index in [0.29, 0.717) is 22.8 Å². The number of nitrogens with zero attached hydrogens (tertiary/aromatic N) is 2. The van der Waals surface area contributed by atoms with Crippen LogP contribution in [0.1, 0.15) is 57.0 Å². The third-order valence-electron chi connectivity index (χ3n) is 5.62. The van der Waals surface area contributed by atoms with E-state index in [9.17, 15) is 9.59 Å². The van der Waals surface area contributed by atoms with E-state index in [4.69, 9.17) is 11.6 Å². The number of ketones is 1. The minimum atomic E-state index is -0.150. The number of rotatable bonds is 6. The average Bonchev–Trinajstić information content (AvgIpc) is 3.18. The molecule has 4 aromatic rings. The smallest absolute Gasteiger partial charge is 0.267 e. The first-order valence-corrected chi connectivity index (χ1v) is 10.8. The Hall–Kier alpha value is -3.44. The van der Waals surface area contributed by atoms with Crippen LogP contribution in [0.4, 0.5) is 0 Å². The van der Waals surface area contributed by atoms with Crippen LogP contribution in [0.3, 0.4) is 0 Å². The quantitative estimate of drug-likeness (QED) is 0.411. The zero-order chi connectivity index (χ0) is 22.8. The van der Waals surface area contributed by atoms with Crippen LogP contribution in [-0.2, 0) is 6.54 Å². The predicted molar refractivity (Wildman–Crippen MR) is 127 cm³/mol. The van der Waals surface area contributed by atoms with Gasteiger partial charge in [0, 0.05) is 28.3 Å². The number of H-pyrrole nitrogens is 1. The Morgan fingerprint density at radius 3 is 2.41 bits per heavy atom. The molecule has 4 rings (SSSR count). The maximum atomic E-state index is 12.9. The van der Waals surface area contributed by atoms with E-state index in [1.54, 1.807) is 36.4 Å². The fraction of sp³-hybridized carbons (Fsp3) is 0.192. The van der Waals surface area contributed by atoms with Crippen LogP contribution < -0.4 is 5.56 Å². The van der Waals surface area contributed by atoms with E-state index in [-0.39, 0.29) is 17.3 Å². The molecule has 2 heterocycles. The maximum absolute atomic E-state index is 12.9. The van der Waals surface area contributed by atoms with Crippen molar-refractivity contribution in [1.29, 1.82) is 0 Å². The molecule has 0 fully saturated rings. The number of nitrogens with one attached hydrogen (secondary N) is 1. The van der Waals surface area contributed by atoms with Crippen molar-refractivity contribution in [2.24, 2.45) is 0 Å². The first-order chi connectivity index (χ1) is 15.3. The summed E-state index contributed by atoms with van der Waals surface area (Å²) in [6, 6.07) is 20.2. The van der Waals surface area contributed by atoms with Crippen LogP contribution in [0.5, 0.6) is 0 Å². The first-order valence-electron chi connectivity index (χ1n) is 10.4. The SMILES string of the molecule is Cc1ccc(Cn2nc(C(C)c3cc(C)c(C(=O)c4ccc(Cl)cc4)[nH]3)ccc2=O)cc1. The molecular weight excluding hydrogens is 422 g/mol. The second-order valence-corrected chi connectivity index (χ2v) is 8.52. The minimum Gasteiger partial charge on any atom is -0.355 e. The Morgan fingerprint density at radius 2 is 1.72 bits per heavy atom. The molecule has 0 amide bonds. The summed E-state index contributed by atoms with van der Waals surface area (Å²) in [5, 5.41) is 5.19. The highest BCUT2D eigenvalue weighted by atomic mass is 35.5. The van der Waals surface area contributed by atoms with Gasteiger partial charge >= 0.3 is 0 Å². The van der Waals surface area contributed by atoms with Gasteiger partial charge in [-0.15, -0.1) is 0 Å². The van der Waals surface area contributed by atoms with Gasteiger partial charge < -0.3 is 4.98 Å². The van der Waals surface area contributed by atoms with Gasteiger partial charge in [0.05, 0.1) is 17.9 Å². The Labute approximate surface area is 191 Å². The number of hydrogen-bond acceptors (Lipinski definition) is 3. The van der Waals surface area contributed by atoms with Crippen molar-refractivity contribution in [3.63, 3.8) is 0 Å². The Morgan fingerprint density at radius 1 is 1.03 bits per heavy atom. The van der Waals surface area contributed by atoms with Gasteiger partial charge in [-0.05, 0) is 61.4 Å². The van der Waals surface area contributed by atoms with Gasteiger partial charge in [0.2, 0.25) is 5.78 Å². The molecule has 0 radical (unpaired) electrons. The highest BCUT2D eigenvalue weighted by molar-refractivity contribution is 6.30. The monoisotopic (exact) mass is 445 g/mol. The third-order valence-corrected chi connectivity index (χ3v) is 5.87. The largest absolute Gasteiger partial charge is 0.355 e. The van der Waals surface area contributed by atoms with Crippen LogP contribution in [-0.4, -0.2) is 20.5 Å². The van der Waals surface area contributed by atoms with E-state index in [1.165, 1.54) is 10.2 Å². The molecule has 162 valence electrons. The van der Waals surface area contributed by atoms with Crippen LogP contribution in [0.15, 0.2) is 71.5 Å². The number of halogens is 1. The van der Waals surface area contributed by atoms with Crippen molar-refractivity contribution in [2.45, 2.75) is 33.2 Å². The molecule has 2 aromatic carbocycles. The zero-order valence-electron chi connectivity index (χ0n) is 18.2. The summed E-state index contributed by atoms with van der Waals surface area (Å²) in [5.74, 6) is -0.208. The van der Waals surface area contributed by atoms with E-state index in [1.807, 2.05) is 51.1 Å². The van der Waals surface area contributed by atoms with Crippen molar-refractivity contribution < 1.29 is 4.79 Å². The lowest BCUT2D eigenvalue weighted by Gasteiger charge is -2.12. The number of carbonyl (C=O) groups excluding carboxylic acids is 1. The third kappa shape index (κ3) is 4.58. The molecular formula is C26H24ClN3O2. The molecule has 0 bridgehead atoms. The Bertz CT molecular complexity index is 1320. The summed E-state index contributed by atoms with van der Waals surface area (Å²) >= 11 is 5.94. The average molecular weight is 446 g/mol. The molecule has 32 heavy (non-hydrogen) atoms. The summed E-state index contributed by atoms with van der Waals surface area (Å²) in [7, 11) is 0. The second-order valence-electron chi connectivity index (χ2n) is 8.08. The summed E-state index contributed by atoms with van der Waals surface area (Å²) < 4.78 is 1.48. The number of aromatic nitrogens is 3. The molecule has 1 N–H and O–H groups in total. The molecule has 0 aliphatic rings. The van der Waals surface area contributed by atoms with Crippen molar-refractivity contribution in [2.75, 3.05) is 0 Å². The zero-order valence-corrected chi connectivity index (χ0v) is 19.0. The first kappa shape index (κ1) is 21.8. The van der Waals surface area contributed by atoms with Crippen molar-refractivity contribution in [3.8, 4) is 0 Å². The van der Waals surface area contributed by atoms with Gasteiger partial charge in [-0.25, -0.2) is 4.68 Å². The summed E-state index contributed by atoms with van der Waals surface area (Å²) in [5.41, 5.74) is 5.63. The highest BCUT2D eigenvalue weighted by Gasteiger charge is 2.19. The van der Waals surface area contributed by atoms with Crippen LogP contribution >= 0.6 is 11.6 Å². The maximum Gasteiger partial charge on any atom is 0.267 e. The second kappa shape index (κ2) is 8.97. The number of hydrogen-bond donors (Lipinski definition) is 1. The molecule has 5 nitrogen and oxygen atoms in total. The highest BCUT2D eigenvalue weighted by Crippen LogP contribution is 2.25. The van der Waals surface area contributed by atoms with Gasteiger partial charge in [0.1, 0.15) is 0 Å². The Balaban J connectivity index is 1.60. The van der Waals surface area contributed by atoms with Crippen molar-refractivity contribution >= 4 is 17.4 Å². The van der Waals surface area contributed by atoms with Crippen LogP contribution in [0.25, 0.3) is 0 Å². The van der Waals surface area contributed by atoms with E-state index < -0.39 is 0 Å². The standard InChI is InChI=1S/C26H24ClN3O2/c1-16-4-6-19(7-5-16)15-30-24(31)13-12-22(29-30)18(3)23-14-17(2)25(28-23)26(32)20-8-10-21(27)11-9-20/h4-14,18,28H,15H2,1-3H3. The molecule has 0 saturated carbocycles. The summed E-state index contributed by atoms with van der Waals surface area (Å²) in [6.07, 6.45) is 0. The molecule has 0 spiro atoms. The van der Waals surface area contributed by atoms with Gasteiger partial charge in [0.25, 0.3) is 5.56 Å². The molecule has 1 atom stereocenters. The lowest BCUT2D eigenvalue weighted by atomic mass is 10.0. The Kier molecular flexibility index (Phi) is 6.10. The number of benzene rings is 2. The summed E-state index contributed by atoms with van der Waals surface area (Å²) in [4.78, 5) is 28.6. The number of aromatic amines is 1. The minimum absolute atomic E-state index is 0.0880. The topological polar surface area (TPSA) is 67.8 Å². The van der Waals surface area contributed by atoms with Crippen LogP contribution in [0, 0.1) is 13.8 Å². The molecule has 2 aromatic heterocycles. The van der Waals surface area contributed by atoms with Gasteiger partial charge in [-0.2, -0.15) is 5.10 Å². The molecule has 0 aliphatic carbocycles. The number of aryl methyl sites for hydroxylation is 2. The van der Waals surface area contributed by atoms with Gasteiger partial charge in [-0.1, -0.05) is 48.4 Å². The molecule has 0 aliphatic heterocycles. The molecule has 0 saturated heterocycles. The normalized spacial score (nSPS) is 12.0. The van der Waals surface area contributed by atoms with Crippen LogP contribution in [0.2, 0.25) is 5.02 Å². The van der Waals surface area contributed by atoms with Gasteiger partial charge in [0.15, 0.2) is 0 Å². The lowest BCUT2D eigenvalue weighted by Crippen LogP contribution is -2.24. The predicted octanol–water partition coefficient (Wildman–Crippen LogP) is 5.27. The lowest BCUT2D eigenvalue weighted by molar-refractivity contribution is 0.103. The van der Waals surface area contributed by atoms with E-state index in [2.05, 4.69) is 10.1 Å². The number of carbonyl (C=O) groups is 1. The fourth-order valence-corrected chi connectivity index (χ4v) is 3.76.